The zero-order valence-electron chi connectivity index (χ0n) is 10.6. The molecule has 17 heavy (non-hydrogen) atoms. The van der Waals surface area contributed by atoms with Gasteiger partial charge in [0.25, 0.3) is 0 Å². The summed E-state index contributed by atoms with van der Waals surface area (Å²) in [5.74, 6) is -1.23. The molecule has 5 N–H and O–H groups in total. The number of nitrogens with two attached hydrogens (primary N) is 2. The van der Waals surface area contributed by atoms with Crippen LogP contribution in [0.2, 0.25) is 0 Å². The summed E-state index contributed by atoms with van der Waals surface area (Å²) < 4.78 is 0. The molecule has 0 spiro atoms. The smallest absolute Gasteiger partial charge is 0.237 e. The molecule has 98 valence electrons. The van der Waals surface area contributed by atoms with Crippen LogP contribution in [0.25, 0.3) is 0 Å². The second-order valence-corrected chi connectivity index (χ2v) is 4.60. The Morgan fingerprint density at radius 3 is 2.12 bits per heavy atom. The van der Waals surface area contributed by atoms with Gasteiger partial charge in [0.2, 0.25) is 11.8 Å². The predicted octanol–water partition coefficient (Wildman–Crippen LogP) is -0.519. The van der Waals surface area contributed by atoms with E-state index in [1.807, 2.05) is 0 Å². The van der Waals surface area contributed by atoms with Crippen molar-refractivity contribution in [3.05, 3.63) is 0 Å². The second kappa shape index (κ2) is 5.51. The van der Waals surface area contributed by atoms with Crippen LogP contribution in [0, 0.1) is 5.41 Å². The van der Waals surface area contributed by atoms with Gasteiger partial charge < -0.3 is 21.6 Å². The Hall–Kier alpha value is -1.79. The van der Waals surface area contributed by atoms with Crippen LogP contribution in [-0.4, -0.2) is 40.3 Å². The minimum Gasteiger partial charge on any atom is -0.409 e. The van der Waals surface area contributed by atoms with Crippen molar-refractivity contribution in [3.63, 3.8) is 0 Å². The number of hydrogen-bond acceptors (Lipinski definition) is 4. The molecule has 0 aliphatic carbocycles. The van der Waals surface area contributed by atoms with Crippen LogP contribution in [-0.2, 0) is 9.59 Å². The maximum atomic E-state index is 12.2. The molecule has 0 bridgehead atoms. The van der Waals surface area contributed by atoms with E-state index in [2.05, 4.69) is 5.16 Å². The third-order valence-electron chi connectivity index (χ3n) is 2.49. The maximum absolute atomic E-state index is 12.2. The van der Waals surface area contributed by atoms with Crippen molar-refractivity contribution >= 4 is 17.6 Å². The summed E-state index contributed by atoms with van der Waals surface area (Å²) in [5, 5.41) is 11.5. The van der Waals surface area contributed by atoms with Crippen molar-refractivity contribution in [3.8, 4) is 0 Å². The number of hydrogen-bond donors (Lipinski definition) is 3. The molecule has 0 fully saturated rings. The van der Waals surface area contributed by atoms with E-state index in [4.69, 9.17) is 16.7 Å². The van der Waals surface area contributed by atoms with Crippen LogP contribution in [0.4, 0.5) is 0 Å². The summed E-state index contributed by atoms with van der Waals surface area (Å²) in [6.45, 7) is 6.34. The molecule has 7 heteroatoms. The number of rotatable bonds is 5. The van der Waals surface area contributed by atoms with Crippen LogP contribution in [0.15, 0.2) is 5.16 Å². The Balaban J connectivity index is 5.15. The number of carbonyl (C=O) groups excluding carboxylic acids is 2. The molecule has 0 aliphatic heterocycles. The van der Waals surface area contributed by atoms with Gasteiger partial charge in [-0.15, -0.1) is 0 Å². The fourth-order valence-electron chi connectivity index (χ4n) is 1.25. The SMILES string of the molecule is CC(C)N(CC(N)=O)C(=O)C(C)(C)C(N)=NO. The highest BCUT2D eigenvalue weighted by molar-refractivity contribution is 6.06. The average molecular weight is 244 g/mol. The third-order valence-corrected chi connectivity index (χ3v) is 2.49. The van der Waals surface area contributed by atoms with E-state index in [0.717, 1.165) is 0 Å². The van der Waals surface area contributed by atoms with Crippen LogP contribution in [0.1, 0.15) is 27.7 Å². The molecule has 0 atom stereocenters. The molecule has 7 nitrogen and oxygen atoms in total. The monoisotopic (exact) mass is 244 g/mol. The maximum Gasteiger partial charge on any atom is 0.237 e. The summed E-state index contributed by atoms with van der Waals surface area (Å²) in [5.41, 5.74) is 9.35. The highest BCUT2D eigenvalue weighted by Crippen LogP contribution is 2.20. The first-order chi connectivity index (χ1) is 7.64. The summed E-state index contributed by atoms with van der Waals surface area (Å²) in [4.78, 5) is 24.4. The lowest BCUT2D eigenvalue weighted by Crippen LogP contribution is -2.52. The van der Waals surface area contributed by atoms with Gasteiger partial charge in [-0.3, -0.25) is 9.59 Å². The molecular formula is C10H20N4O3. The van der Waals surface area contributed by atoms with Crippen molar-refractivity contribution in [1.82, 2.24) is 4.90 Å². The Bertz CT molecular complexity index is 336. The fraction of sp³-hybridized carbons (Fsp3) is 0.700. The summed E-state index contributed by atoms with van der Waals surface area (Å²) >= 11 is 0. The molecule has 0 aromatic carbocycles. The molecule has 0 aromatic heterocycles. The highest BCUT2D eigenvalue weighted by Gasteiger charge is 2.37. The number of amides is 2. The topological polar surface area (TPSA) is 122 Å². The summed E-state index contributed by atoms with van der Waals surface area (Å²) in [6, 6.07) is -0.208. The van der Waals surface area contributed by atoms with Crippen molar-refractivity contribution in [2.24, 2.45) is 22.0 Å². The molecule has 0 saturated carbocycles. The summed E-state index contributed by atoms with van der Waals surface area (Å²) in [6.07, 6.45) is 0. The zero-order chi connectivity index (χ0) is 13.8. The first-order valence-electron chi connectivity index (χ1n) is 5.22. The quantitative estimate of drug-likeness (QED) is 0.260. The standard InChI is InChI=1S/C10H20N4O3/c1-6(2)14(5-7(11)15)9(16)10(3,4)8(12)13-17/h6,17H,5H2,1-4H3,(H2,11,15)(H2,12,13). The molecule has 0 aliphatic rings. The Kier molecular flexibility index (Phi) is 4.93. The first-order valence-corrected chi connectivity index (χ1v) is 5.22. The molecule has 0 aromatic rings. The third kappa shape index (κ3) is 3.61. The Morgan fingerprint density at radius 1 is 1.35 bits per heavy atom. The van der Waals surface area contributed by atoms with E-state index >= 15 is 0 Å². The second-order valence-electron chi connectivity index (χ2n) is 4.60. The van der Waals surface area contributed by atoms with Crippen molar-refractivity contribution in [2.75, 3.05) is 6.54 Å². The number of primary amides is 1. The first kappa shape index (κ1) is 15.2. The lowest BCUT2D eigenvalue weighted by molar-refractivity contribution is -0.141. The Labute approximate surface area is 100 Å². The van der Waals surface area contributed by atoms with Crippen molar-refractivity contribution in [2.45, 2.75) is 33.7 Å². The zero-order valence-corrected chi connectivity index (χ0v) is 10.6. The summed E-state index contributed by atoms with van der Waals surface area (Å²) in [7, 11) is 0. The van der Waals surface area contributed by atoms with E-state index in [0.29, 0.717) is 0 Å². The lowest BCUT2D eigenvalue weighted by Gasteiger charge is -2.32. The van der Waals surface area contributed by atoms with E-state index in [1.54, 1.807) is 13.8 Å². The van der Waals surface area contributed by atoms with Gasteiger partial charge in [-0.1, -0.05) is 5.16 Å². The van der Waals surface area contributed by atoms with Crippen LogP contribution >= 0.6 is 0 Å². The molecule has 0 heterocycles. The van der Waals surface area contributed by atoms with Crippen molar-refractivity contribution < 1.29 is 14.8 Å². The lowest BCUT2D eigenvalue weighted by atomic mass is 9.89. The van der Waals surface area contributed by atoms with Crippen LogP contribution < -0.4 is 11.5 Å². The minimum absolute atomic E-state index is 0.196. The predicted molar refractivity (Wildman–Crippen MR) is 63.2 cm³/mol. The van der Waals surface area contributed by atoms with Crippen LogP contribution in [0.3, 0.4) is 0 Å². The number of carbonyl (C=O) groups is 2. The van der Waals surface area contributed by atoms with Gasteiger partial charge >= 0.3 is 0 Å². The molecule has 0 unspecified atom stereocenters. The van der Waals surface area contributed by atoms with E-state index in [9.17, 15) is 9.59 Å². The van der Waals surface area contributed by atoms with Gasteiger partial charge in [0, 0.05) is 6.04 Å². The molecule has 0 saturated heterocycles. The molecule has 0 radical (unpaired) electrons. The van der Waals surface area contributed by atoms with E-state index < -0.39 is 17.2 Å². The van der Waals surface area contributed by atoms with Gasteiger partial charge in [0.05, 0.1) is 6.54 Å². The highest BCUT2D eigenvalue weighted by atomic mass is 16.4. The van der Waals surface area contributed by atoms with Gasteiger partial charge in [0.15, 0.2) is 5.84 Å². The average Bonchev–Trinajstić information content (AvgIpc) is 2.22. The Morgan fingerprint density at radius 2 is 1.82 bits per heavy atom. The number of nitrogens with zero attached hydrogens (tertiary/aromatic N) is 2. The fourth-order valence-corrected chi connectivity index (χ4v) is 1.25. The van der Waals surface area contributed by atoms with Crippen LogP contribution in [0.5, 0.6) is 0 Å². The number of oxime groups is 1. The van der Waals surface area contributed by atoms with Gasteiger partial charge in [-0.2, -0.15) is 0 Å². The van der Waals surface area contributed by atoms with Gasteiger partial charge in [-0.05, 0) is 27.7 Å². The minimum atomic E-state index is -1.19. The van der Waals surface area contributed by atoms with Gasteiger partial charge in [-0.25, -0.2) is 0 Å². The van der Waals surface area contributed by atoms with E-state index in [1.165, 1.54) is 18.7 Å². The van der Waals surface area contributed by atoms with Crippen molar-refractivity contribution in [1.29, 1.82) is 0 Å². The number of amidine groups is 1. The van der Waals surface area contributed by atoms with Gasteiger partial charge in [0.1, 0.15) is 5.41 Å². The molecule has 2 amide bonds. The normalized spacial score (nSPS) is 12.6. The molecule has 0 rings (SSSR count). The van der Waals surface area contributed by atoms with E-state index in [-0.39, 0.29) is 18.4 Å². The molecular weight excluding hydrogens is 224 g/mol. The largest absolute Gasteiger partial charge is 0.409 e.